The summed E-state index contributed by atoms with van der Waals surface area (Å²) < 4.78 is 0. The predicted octanol–water partition coefficient (Wildman–Crippen LogP) is 1.91. The van der Waals surface area contributed by atoms with E-state index in [2.05, 4.69) is 28.6 Å². The van der Waals surface area contributed by atoms with E-state index in [1.165, 1.54) is 12.8 Å². The van der Waals surface area contributed by atoms with Crippen molar-refractivity contribution in [2.45, 2.75) is 31.8 Å². The Kier molecular flexibility index (Phi) is 5.74. The Hall–Kier alpha value is -0.640. The first-order valence-corrected chi connectivity index (χ1v) is 5.74. The number of rotatable bonds is 3. The summed E-state index contributed by atoms with van der Waals surface area (Å²) in [7, 11) is 0. The molecule has 2 heterocycles. The number of hydrogen-bond acceptors (Lipinski definition) is 3. The van der Waals surface area contributed by atoms with Crippen LogP contribution < -0.4 is 10.6 Å². The summed E-state index contributed by atoms with van der Waals surface area (Å²) in [6.07, 6.45) is 4.30. The molecule has 2 N–H and O–H groups in total. The summed E-state index contributed by atoms with van der Waals surface area (Å²) in [5.74, 6) is 0. The van der Waals surface area contributed by atoms with Crippen molar-refractivity contribution in [3.63, 3.8) is 0 Å². The summed E-state index contributed by atoms with van der Waals surface area (Å²) in [4.78, 5) is 4.37. The first kappa shape index (κ1) is 13.4. The molecule has 90 valence electrons. The molecule has 0 saturated carbocycles. The van der Waals surface area contributed by atoms with Gasteiger partial charge >= 0.3 is 0 Å². The van der Waals surface area contributed by atoms with E-state index in [1.54, 1.807) is 0 Å². The molecule has 1 unspecified atom stereocenters. The van der Waals surface area contributed by atoms with Crippen molar-refractivity contribution in [1.82, 2.24) is 15.6 Å². The third kappa shape index (κ3) is 3.74. The van der Waals surface area contributed by atoms with Crippen LogP contribution in [-0.2, 0) is 0 Å². The molecule has 1 aromatic rings. The first-order valence-electron chi connectivity index (χ1n) is 5.74. The zero-order chi connectivity index (χ0) is 10.5. The van der Waals surface area contributed by atoms with Gasteiger partial charge in [0.1, 0.15) is 0 Å². The van der Waals surface area contributed by atoms with Crippen LogP contribution in [0, 0.1) is 0 Å². The van der Waals surface area contributed by atoms with Crippen LogP contribution in [0.4, 0.5) is 0 Å². The van der Waals surface area contributed by atoms with Crippen molar-refractivity contribution in [1.29, 1.82) is 0 Å². The van der Waals surface area contributed by atoms with E-state index < -0.39 is 0 Å². The molecule has 0 aliphatic carbocycles. The third-order valence-corrected chi connectivity index (χ3v) is 2.96. The smallest absolute Gasteiger partial charge is 0.0570 e. The molecule has 4 heteroatoms. The van der Waals surface area contributed by atoms with Gasteiger partial charge in [-0.25, -0.2) is 0 Å². The topological polar surface area (TPSA) is 37.0 Å². The van der Waals surface area contributed by atoms with Gasteiger partial charge in [-0.3, -0.25) is 4.98 Å². The molecule has 1 fully saturated rings. The lowest BCUT2D eigenvalue weighted by atomic mass is 10.0. The standard InChI is InChI=1S/C12H19N3.ClH/c1-10(12-4-2-3-7-14-12)15-11-5-8-13-9-6-11;/h2-4,7,10-11,13,15H,5-6,8-9H2,1H3;1H. The van der Waals surface area contributed by atoms with E-state index >= 15 is 0 Å². The SMILES string of the molecule is CC(NC1CCNCC1)c1ccccn1.Cl. The Morgan fingerprint density at radius 2 is 2.12 bits per heavy atom. The minimum atomic E-state index is 0. The largest absolute Gasteiger partial charge is 0.317 e. The maximum atomic E-state index is 4.37. The van der Waals surface area contributed by atoms with E-state index in [-0.39, 0.29) is 12.4 Å². The van der Waals surface area contributed by atoms with Crippen molar-refractivity contribution >= 4 is 12.4 Å². The Balaban J connectivity index is 0.00000128. The van der Waals surface area contributed by atoms with E-state index in [9.17, 15) is 0 Å². The van der Waals surface area contributed by atoms with Crippen LogP contribution in [0.2, 0.25) is 0 Å². The Morgan fingerprint density at radius 3 is 2.75 bits per heavy atom. The van der Waals surface area contributed by atoms with Crippen molar-refractivity contribution in [3.8, 4) is 0 Å². The first-order chi connectivity index (χ1) is 7.36. The van der Waals surface area contributed by atoms with Gasteiger partial charge in [0.05, 0.1) is 5.69 Å². The van der Waals surface area contributed by atoms with Crippen LogP contribution in [-0.4, -0.2) is 24.1 Å². The van der Waals surface area contributed by atoms with Crippen LogP contribution in [0.1, 0.15) is 31.5 Å². The second-order valence-electron chi connectivity index (χ2n) is 4.17. The molecule has 0 aromatic carbocycles. The van der Waals surface area contributed by atoms with Gasteiger partial charge < -0.3 is 10.6 Å². The van der Waals surface area contributed by atoms with Crippen LogP contribution in [0.3, 0.4) is 0 Å². The van der Waals surface area contributed by atoms with Gasteiger partial charge in [-0.1, -0.05) is 6.07 Å². The summed E-state index contributed by atoms with van der Waals surface area (Å²) in [5, 5.41) is 7.00. The van der Waals surface area contributed by atoms with Gasteiger partial charge in [0.15, 0.2) is 0 Å². The maximum absolute atomic E-state index is 4.37. The number of hydrogen-bond donors (Lipinski definition) is 2. The quantitative estimate of drug-likeness (QED) is 0.849. The molecule has 1 aliphatic heterocycles. The van der Waals surface area contributed by atoms with Gasteiger partial charge in [0, 0.05) is 18.3 Å². The molecule has 0 amide bonds. The molecule has 0 bridgehead atoms. The van der Waals surface area contributed by atoms with Gasteiger partial charge in [-0.2, -0.15) is 0 Å². The molecular formula is C12H20ClN3. The van der Waals surface area contributed by atoms with Crippen molar-refractivity contribution < 1.29 is 0 Å². The molecule has 16 heavy (non-hydrogen) atoms. The highest BCUT2D eigenvalue weighted by Crippen LogP contribution is 2.12. The highest BCUT2D eigenvalue weighted by Gasteiger charge is 2.16. The lowest BCUT2D eigenvalue weighted by Gasteiger charge is -2.26. The van der Waals surface area contributed by atoms with Crippen molar-refractivity contribution in [2.24, 2.45) is 0 Å². The molecule has 2 rings (SSSR count). The van der Waals surface area contributed by atoms with E-state index in [0.29, 0.717) is 12.1 Å². The zero-order valence-electron chi connectivity index (χ0n) is 9.65. The number of nitrogens with zero attached hydrogens (tertiary/aromatic N) is 1. The average molecular weight is 242 g/mol. The normalized spacial score (nSPS) is 18.8. The van der Waals surface area contributed by atoms with E-state index in [4.69, 9.17) is 0 Å². The van der Waals surface area contributed by atoms with E-state index in [1.807, 2.05) is 18.3 Å². The fourth-order valence-electron chi connectivity index (χ4n) is 2.06. The molecule has 1 saturated heterocycles. The lowest BCUT2D eigenvalue weighted by molar-refractivity contribution is 0.356. The zero-order valence-corrected chi connectivity index (χ0v) is 10.5. The Morgan fingerprint density at radius 1 is 1.38 bits per heavy atom. The molecule has 3 nitrogen and oxygen atoms in total. The number of nitrogens with one attached hydrogen (secondary N) is 2. The summed E-state index contributed by atoms with van der Waals surface area (Å²) in [6, 6.07) is 7.08. The monoisotopic (exact) mass is 241 g/mol. The van der Waals surface area contributed by atoms with Crippen LogP contribution in [0.25, 0.3) is 0 Å². The van der Waals surface area contributed by atoms with Gasteiger partial charge in [-0.15, -0.1) is 12.4 Å². The van der Waals surface area contributed by atoms with Crippen molar-refractivity contribution in [2.75, 3.05) is 13.1 Å². The third-order valence-electron chi connectivity index (χ3n) is 2.96. The molecule has 0 radical (unpaired) electrons. The average Bonchev–Trinajstić information content (AvgIpc) is 2.31. The van der Waals surface area contributed by atoms with Gasteiger partial charge in [0.2, 0.25) is 0 Å². The Labute approximate surface area is 103 Å². The molecule has 1 aromatic heterocycles. The van der Waals surface area contributed by atoms with Crippen LogP contribution in [0.15, 0.2) is 24.4 Å². The molecule has 1 aliphatic rings. The number of piperidine rings is 1. The maximum Gasteiger partial charge on any atom is 0.0570 e. The minimum absolute atomic E-state index is 0. The Bertz CT molecular complexity index is 286. The summed E-state index contributed by atoms with van der Waals surface area (Å²) >= 11 is 0. The second-order valence-corrected chi connectivity index (χ2v) is 4.17. The number of halogens is 1. The van der Waals surface area contributed by atoms with Crippen LogP contribution >= 0.6 is 12.4 Å². The number of pyridine rings is 1. The highest BCUT2D eigenvalue weighted by atomic mass is 35.5. The van der Waals surface area contributed by atoms with E-state index in [0.717, 1.165) is 18.8 Å². The molecule has 1 atom stereocenters. The fourth-order valence-corrected chi connectivity index (χ4v) is 2.06. The summed E-state index contributed by atoms with van der Waals surface area (Å²) in [5.41, 5.74) is 1.14. The number of aromatic nitrogens is 1. The van der Waals surface area contributed by atoms with Gasteiger partial charge in [-0.05, 0) is 45.0 Å². The lowest BCUT2D eigenvalue weighted by Crippen LogP contribution is -2.41. The molecule has 0 spiro atoms. The van der Waals surface area contributed by atoms with Crippen LogP contribution in [0.5, 0.6) is 0 Å². The second kappa shape index (κ2) is 6.84. The van der Waals surface area contributed by atoms with Crippen molar-refractivity contribution in [3.05, 3.63) is 30.1 Å². The molecular weight excluding hydrogens is 222 g/mol. The highest BCUT2D eigenvalue weighted by molar-refractivity contribution is 5.85. The van der Waals surface area contributed by atoms with Gasteiger partial charge in [0.25, 0.3) is 0 Å². The fraction of sp³-hybridized carbons (Fsp3) is 0.583. The summed E-state index contributed by atoms with van der Waals surface area (Å²) in [6.45, 7) is 4.45. The predicted molar refractivity (Wildman–Crippen MR) is 68.9 cm³/mol. The minimum Gasteiger partial charge on any atom is -0.317 e.